The van der Waals surface area contributed by atoms with Crippen molar-refractivity contribution in [2.75, 3.05) is 26.2 Å². The minimum Gasteiger partial charge on any atom is -0.339 e. The van der Waals surface area contributed by atoms with Crippen LogP contribution in [0.5, 0.6) is 0 Å². The fraction of sp³-hybridized carbons (Fsp3) is 0.300. The molecule has 2 aromatic carbocycles. The normalized spacial score (nSPS) is 14.5. The molecule has 2 amide bonds. The van der Waals surface area contributed by atoms with E-state index >= 15 is 0 Å². The summed E-state index contributed by atoms with van der Waals surface area (Å²) in [6.07, 6.45) is 0.383. The summed E-state index contributed by atoms with van der Waals surface area (Å²) in [4.78, 5) is 28.4. The van der Waals surface area contributed by atoms with Gasteiger partial charge in [-0.1, -0.05) is 29.8 Å². The average Bonchev–Trinajstić information content (AvgIpc) is 2.62. The standard InChI is InChI=1S/C20H21FN2O2/c1-15-3-2-4-16(13-15)14-19(24)22-9-11-23(12-10-22)20(25)17-5-7-18(21)8-6-17/h2-8,13H,9-12,14H2,1H3. The van der Waals surface area contributed by atoms with Gasteiger partial charge in [0.15, 0.2) is 0 Å². The summed E-state index contributed by atoms with van der Waals surface area (Å²) in [6.45, 7) is 4.05. The maximum atomic E-state index is 13.0. The number of nitrogens with zero attached hydrogens (tertiary/aromatic N) is 2. The number of carbonyl (C=O) groups is 2. The molecule has 1 heterocycles. The first-order chi connectivity index (χ1) is 12.0. The molecular formula is C20H21FN2O2. The summed E-state index contributed by atoms with van der Waals surface area (Å²) in [7, 11) is 0. The molecule has 1 aliphatic heterocycles. The predicted molar refractivity (Wildman–Crippen MR) is 93.8 cm³/mol. The number of benzene rings is 2. The van der Waals surface area contributed by atoms with Crippen molar-refractivity contribution < 1.29 is 14.0 Å². The minimum atomic E-state index is -0.358. The Kier molecular flexibility index (Phi) is 5.12. The van der Waals surface area contributed by atoms with Crippen LogP contribution in [0.2, 0.25) is 0 Å². The molecule has 1 saturated heterocycles. The summed E-state index contributed by atoms with van der Waals surface area (Å²) in [5.74, 6) is -0.395. The van der Waals surface area contributed by atoms with Gasteiger partial charge in [0.05, 0.1) is 6.42 Å². The van der Waals surface area contributed by atoms with Crippen molar-refractivity contribution >= 4 is 11.8 Å². The van der Waals surface area contributed by atoms with Gasteiger partial charge in [0.2, 0.25) is 5.91 Å². The first-order valence-electron chi connectivity index (χ1n) is 8.41. The van der Waals surface area contributed by atoms with Crippen LogP contribution in [0.4, 0.5) is 4.39 Å². The number of aryl methyl sites for hydroxylation is 1. The molecule has 5 heteroatoms. The second kappa shape index (κ2) is 7.47. The maximum Gasteiger partial charge on any atom is 0.253 e. The second-order valence-corrected chi connectivity index (χ2v) is 6.35. The van der Waals surface area contributed by atoms with E-state index in [0.717, 1.165) is 11.1 Å². The Morgan fingerprint density at radius 1 is 0.960 bits per heavy atom. The number of rotatable bonds is 3. The zero-order valence-electron chi connectivity index (χ0n) is 14.2. The number of amides is 2. The van der Waals surface area contributed by atoms with Crippen molar-refractivity contribution in [2.45, 2.75) is 13.3 Å². The lowest BCUT2D eigenvalue weighted by atomic mass is 10.1. The van der Waals surface area contributed by atoms with Crippen LogP contribution in [0, 0.1) is 12.7 Å². The predicted octanol–water partition coefficient (Wildman–Crippen LogP) is 2.66. The lowest BCUT2D eigenvalue weighted by Gasteiger charge is -2.35. The van der Waals surface area contributed by atoms with Crippen molar-refractivity contribution in [1.29, 1.82) is 0 Å². The fourth-order valence-corrected chi connectivity index (χ4v) is 3.04. The molecule has 130 valence electrons. The van der Waals surface area contributed by atoms with Crippen molar-refractivity contribution in [3.05, 3.63) is 71.0 Å². The van der Waals surface area contributed by atoms with E-state index in [1.54, 1.807) is 9.80 Å². The molecule has 0 bridgehead atoms. The van der Waals surface area contributed by atoms with Crippen LogP contribution in [0.1, 0.15) is 21.5 Å². The Bertz CT molecular complexity index is 766. The smallest absolute Gasteiger partial charge is 0.253 e. The summed E-state index contributed by atoms with van der Waals surface area (Å²) < 4.78 is 13.0. The first kappa shape index (κ1) is 17.1. The highest BCUT2D eigenvalue weighted by atomic mass is 19.1. The molecule has 1 aliphatic rings. The van der Waals surface area contributed by atoms with Gasteiger partial charge in [0.25, 0.3) is 5.91 Å². The Morgan fingerprint density at radius 2 is 1.60 bits per heavy atom. The Hall–Kier alpha value is -2.69. The largest absolute Gasteiger partial charge is 0.339 e. The number of halogens is 1. The highest BCUT2D eigenvalue weighted by Crippen LogP contribution is 2.12. The van der Waals surface area contributed by atoms with Crippen LogP contribution in [0.25, 0.3) is 0 Å². The fourth-order valence-electron chi connectivity index (χ4n) is 3.04. The van der Waals surface area contributed by atoms with Crippen molar-refractivity contribution in [2.24, 2.45) is 0 Å². The highest BCUT2D eigenvalue weighted by molar-refractivity contribution is 5.94. The lowest BCUT2D eigenvalue weighted by Crippen LogP contribution is -2.51. The van der Waals surface area contributed by atoms with E-state index in [2.05, 4.69) is 0 Å². The van der Waals surface area contributed by atoms with Gasteiger partial charge < -0.3 is 9.80 Å². The average molecular weight is 340 g/mol. The molecule has 25 heavy (non-hydrogen) atoms. The monoisotopic (exact) mass is 340 g/mol. The molecule has 0 N–H and O–H groups in total. The number of hydrogen-bond acceptors (Lipinski definition) is 2. The van der Waals surface area contributed by atoms with Crippen molar-refractivity contribution in [3.8, 4) is 0 Å². The van der Waals surface area contributed by atoms with Crippen molar-refractivity contribution in [1.82, 2.24) is 9.80 Å². The zero-order valence-corrected chi connectivity index (χ0v) is 14.2. The molecule has 4 nitrogen and oxygen atoms in total. The summed E-state index contributed by atoms with van der Waals surface area (Å²) in [5.41, 5.74) is 2.62. The lowest BCUT2D eigenvalue weighted by molar-refractivity contribution is -0.131. The number of carbonyl (C=O) groups excluding carboxylic acids is 2. The van der Waals surface area contributed by atoms with Crippen LogP contribution in [0.15, 0.2) is 48.5 Å². The van der Waals surface area contributed by atoms with E-state index < -0.39 is 0 Å². The van der Waals surface area contributed by atoms with E-state index in [1.807, 2.05) is 31.2 Å². The maximum absolute atomic E-state index is 13.0. The van der Waals surface area contributed by atoms with E-state index in [-0.39, 0.29) is 17.6 Å². The third-order valence-corrected chi connectivity index (χ3v) is 4.45. The van der Waals surface area contributed by atoms with Gasteiger partial charge in [0.1, 0.15) is 5.82 Å². The molecule has 3 rings (SSSR count). The first-order valence-corrected chi connectivity index (χ1v) is 8.41. The molecular weight excluding hydrogens is 319 g/mol. The summed E-state index contributed by atoms with van der Waals surface area (Å²) >= 11 is 0. The molecule has 0 unspecified atom stereocenters. The van der Waals surface area contributed by atoms with Gasteiger partial charge >= 0.3 is 0 Å². The van der Waals surface area contributed by atoms with Crippen LogP contribution in [0.3, 0.4) is 0 Å². The molecule has 0 saturated carbocycles. The van der Waals surface area contributed by atoms with Gasteiger partial charge in [0, 0.05) is 31.7 Å². The van der Waals surface area contributed by atoms with Crippen LogP contribution in [-0.2, 0) is 11.2 Å². The third kappa shape index (κ3) is 4.24. The molecule has 0 atom stereocenters. The van der Waals surface area contributed by atoms with Crippen LogP contribution in [-0.4, -0.2) is 47.8 Å². The number of hydrogen-bond donors (Lipinski definition) is 0. The summed E-state index contributed by atoms with van der Waals surface area (Å²) in [5, 5.41) is 0. The van der Waals surface area contributed by atoms with Crippen molar-refractivity contribution in [3.63, 3.8) is 0 Å². The van der Waals surface area contributed by atoms with E-state index in [1.165, 1.54) is 24.3 Å². The molecule has 2 aromatic rings. The topological polar surface area (TPSA) is 40.6 Å². The van der Waals surface area contributed by atoms with E-state index in [0.29, 0.717) is 38.2 Å². The zero-order chi connectivity index (χ0) is 17.8. The SMILES string of the molecule is Cc1cccc(CC(=O)N2CCN(C(=O)c3ccc(F)cc3)CC2)c1. The molecule has 0 aromatic heterocycles. The van der Waals surface area contributed by atoms with Gasteiger partial charge in [-0.3, -0.25) is 9.59 Å². The molecule has 0 aliphatic carbocycles. The summed E-state index contributed by atoms with van der Waals surface area (Å²) in [6, 6.07) is 13.5. The van der Waals surface area contributed by atoms with Gasteiger partial charge in [-0.2, -0.15) is 0 Å². The van der Waals surface area contributed by atoms with Gasteiger partial charge in [-0.25, -0.2) is 4.39 Å². The van der Waals surface area contributed by atoms with E-state index in [4.69, 9.17) is 0 Å². The number of piperazine rings is 1. The molecule has 0 spiro atoms. The molecule has 1 fully saturated rings. The Labute approximate surface area is 146 Å². The Balaban J connectivity index is 1.55. The van der Waals surface area contributed by atoms with E-state index in [9.17, 15) is 14.0 Å². The van der Waals surface area contributed by atoms with Gasteiger partial charge in [-0.05, 0) is 36.8 Å². The highest BCUT2D eigenvalue weighted by Gasteiger charge is 2.24. The third-order valence-electron chi connectivity index (χ3n) is 4.45. The quantitative estimate of drug-likeness (QED) is 0.862. The Morgan fingerprint density at radius 3 is 2.24 bits per heavy atom. The minimum absolute atomic E-state index is 0.0829. The van der Waals surface area contributed by atoms with Crippen LogP contribution < -0.4 is 0 Å². The van der Waals surface area contributed by atoms with Gasteiger partial charge in [-0.15, -0.1) is 0 Å². The molecule has 0 radical (unpaired) electrons. The second-order valence-electron chi connectivity index (χ2n) is 6.35. The van der Waals surface area contributed by atoms with Crippen LogP contribution >= 0.6 is 0 Å².